The topological polar surface area (TPSA) is 81.4 Å². The van der Waals surface area contributed by atoms with Gasteiger partial charge in [-0.2, -0.15) is 0 Å². The van der Waals surface area contributed by atoms with Crippen LogP contribution in [0.5, 0.6) is 5.75 Å². The fourth-order valence-electron chi connectivity index (χ4n) is 2.53. The number of nitrogens with two attached hydrogens (primary N) is 1. The fraction of sp³-hybridized carbons (Fsp3) is 0.222. The molecule has 2 aromatic rings. The SMILES string of the molecule is COc1cc(C)cc(C)c1CC(=O)Nc1ccccc1C(N)=O. The van der Waals surface area contributed by atoms with Gasteiger partial charge in [-0.05, 0) is 43.2 Å². The molecule has 5 heteroatoms. The molecule has 0 aromatic heterocycles. The van der Waals surface area contributed by atoms with Crippen LogP contribution in [-0.4, -0.2) is 18.9 Å². The number of rotatable bonds is 5. The van der Waals surface area contributed by atoms with Crippen LogP contribution >= 0.6 is 0 Å². The lowest BCUT2D eigenvalue weighted by atomic mass is 10.0. The molecule has 5 nitrogen and oxygen atoms in total. The van der Waals surface area contributed by atoms with E-state index >= 15 is 0 Å². The third-order valence-corrected chi connectivity index (χ3v) is 3.60. The van der Waals surface area contributed by atoms with Crippen LogP contribution in [0.1, 0.15) is 27.0 Å². The molecule has 0 heterocycles. The van der Waals surface area contributed by atoms with Gasteiger partial charge in [0.15, 0.2) is 0 Å². The summed E-state index contributed by atoms with van der Waals surface area (Å²) in [5.74, 6) is -0.130. The summed E-state index contributed by atoms with van der Waals surface area (Å²) in [4.78, 5) is 23.7. The summed E-state index contributed by atoms with van der Waals surface area (Å²) in [6, 6.07) is 10.6. The molecule has 0 spiro atoms. The number of primary amides is 1. The maximum atomic E-state index is 12.3. The molecule has 0 bridgehead atoms. The lowest BCUT2D eigenvalue weighted by Crippen LogP contribution is -2.20. The van der Waals surface area contributed by atoms with E-state index in [0.29, 0.717) is 11.4 Å². The van der Waals surface area contributed by atoms with Crippen LogP contribution in [0.4, 0.5) is 5.69 Å². The first kappa shape index (κ1) is 16.5. The second kappa shape index (κ2) is 6.96. The smallest absolute Gasteiger partial charge is 0.250 e. The van der Waals surface area contributed by atoms with Gasteiger partial charge in [-0.1, -0.05) is 18.2 Å². The zero-order valence-electron chi connectivity index (χ0n) is 13.5. The van der Waals surface area contributed by atoms with Crippen molar-refractivity contribution < 1.29 is 14.3 Å². The van der Waals surface area contributed by atoms with Crippen molar-refractivity contribution in [3.8, 4) is 5.75 Å². The van der Waals surface area contributed by atoms with Crippen molar-refractivity contribution in [2.75, 3.05) is 12.4 Å². The summed E-state index contributed by atoms with van der Waals surface area (Å²) in [6.07, 6.45) is 0.155. The number of ether oxygens (including phenoxy) is 1. The molecule has 2 rings (SSSR count). The third-order valence-electron chi connectivity index (χ3n) is 3.60. The number of amides is 2. The summed E-state index contributed by atoms with van der Waals surface area (Å²) >= 11 is 0. The van der Waals surface area contributed by atoms with Crippen LogP contribution in [0.15, 0.2) is 36.4 Å². The molecule has 2 aromatic carbocycles. The summed E-state index contributed by atoms with van der Waals surface area (Å²) in [7, 11) is 1.58. The molecule has 0 fully saturated rings. The molecule has 0 aliphatic heterocycles. The molecular weight excluding hydrogens is 292 g/mol. The van der Waals surface area contributed by atoms with E-state index in [-0.39, 0.29) is 17.9 Å². The quantitative estimate of drug-likeness (QED) is 0.890. The standard InChI is InChI=1S/C18H20N2O3/c1-11-8-12(2)14(16(9-11)23-3)10-17(21)20-15-7-5-4-6-13(15)18(19)22/h4-9H,10H2,1-3H3,(H2,19,22)(H,20,21). The minimum absolute atomic E-state index is 0.155. The molecule has 0 saturated heterocycles. The molecule has 0 unspecified atom stereocenters. The summed E-state index contributed by atoms with van der Waals surface area (Å²) in [5, 5.41) is 2.74. The van der Waals surface area contributed by atoms with Gasteiger partial charge in [-0.25, -0.2) is 0 Å². The average Bonchev–Trinajstić information content (AvgIpc) is 2.50. The number of aryl methyl sites for hydroxylation is 2. The molecule has 23 heavy (non-hydrogen) atoms. The van der Waals surface area contributed by atoms with Gasteiger partial charge >= 0.3 is 0 Å². The van der Waals surface area contributed by atoms with Crippen molar-refractivity contribution in [3.63, 3.8) is 0 Å². The Morgan fingerprint density at radius 1 is 1.17 bits per heavy atom. The van der Waals surface area contributed by atoms with E-state index in [2.05, 4.69) is 5.32 Å². The molecule has 3 N–H and O–H groups in total. The minimum atomic E-state index is -0.579. The summed E-state index contributed by atoms with van der Waals surface area (Å²) < 4.78 is 5.37. The highest BCUT2D eigenvalue weighted by molar-refractivity contribution is 6.03. The largest absolute Gasteiger partial charge is 0.496 e. The Morgan fingerprint density at radius 2 is 1.87 bits per heavy atom. The van der Waals surface area contributed by atoms with E-state index in [1.807, 2.05) is 26.0 Å². The van der Waals surface area contributed by atoms with Crippen molar-refractivity contribution in [3.05, 3.63) is 58.7 Å². The van der Waals surface area contributed by atoms with Gasteiger partial charge in [0.25, 0.3) is 5.91 Å². The first-order valence-corrected chi connectivity index (χ1v) is 7.25. The van der Waals surface area contributed by atoms with E-state index < -0.39 is 5.91 Å². The van der Waals surface area contributed by atoms with E-state index in [4.69, 9.17) is 10.5 Å². The molecule has 0 radical (unpaired) electrons. The molecule has 0 aliphatic rings. The number of methoxy groups -OCH3 is 1. The van der Waals surface area contributed by atoms with Crippen LogP contribution < -0.4 is 15.8 Å². The van der Waals surface area contributed by atoms with Gasteiger partial charge in [-0.3, -0.25) is 9.59 Å². The highest BCUT2D eigenvalue weighted by atomic mass is 16.5. The number of hydrogen-bond donors (Lipinski definition) is 2. The third kappa shape index (κ3) is 3.88. The van der Waals surface area contributed by atoms with E-state index in [9.17, 15) is 9.59 Å². The summed E-state index contributed by atoms with van der Waals surface area (Å²) in [6.45, 7) is 3.91. The Hall–Kier alpha value is -2.82. The number of benzene rings is 2. The zero-order valence-corrected chi connectivity index (χ0v) is 13.5. The number of anilines is 1. The predicted octanol–water partition coefficient (Wildman–Crippen LogP) is 2.59. The Labute approximate surface area is 135 Å². The Bertz CT molecular complexity index is 754. The van der Waals surface area contributed by atoms with Crippen LogP contribution in [0.25, 0.3) is 0 Å². The van der Waals surface area contributed by atoms with Crippen molar-refractivity contribution in [1.29, 1.82) is 0 Å². The van der Waals surface area contributed by atoms with Crippen molar-refractivity contribution >= 4 is 17.5 Å². The van der Waals surface area contributed by atoms with Crippen molar-refractivity contribution in [1.82, 2.24) is 0 Å². The highest BCUT2D eigenvalue weighted by Crippen LogP contribution is 2.25. The first-order valence-electron chi connectivity index (χ1n) is 7.25. The lowest BCUT2D eigenvalue weighted by Gasteiger charge is -2.14. The van der Waals surface area contributed by atoms with E-state index in [0.717, 1.165) is 16.7 Å². The molecule has 0 aliphatic carbocycles. The predicted molar refractivity (Wildman–Crippen MR) is 89.8 cm³/mol. The second-order valence-corrected chi connectivity index (χ2v) is 5.40. The van der Waals surface area contributed by atoms with Gasteiger partial charge < -0.3 is 15.8 Å². The Balaban J connectivity index is 2.23. The molecular formula is C18H20N2O3. The molecule has 120 valence electrons. The molecule has 0 atom stereocenters. The fourth-order valence-corrected chi connectivity index (χ4v) is 2.53. The maximum absolute atomic E-state index is 12.3. The molecule has 2 amide bonds. The van der Waals surface area contributed by atoms with Gasteiger partial charge in [0, 0.05) is 5.56 Å². The van der Waals surface area contributed by atoms with Crippen LogP contribution in [0.2, 0.25) is 0 Å². The van der Waals surface area contributed by atoms with Crippen LogP contribution in [0.3, 0.4) is 0 Å². The van der Waals surface area contributed by atoms with Crippen LogP contribution in [0, 0.1) is 13.8 Å². The molecule has 0 saturated carbocycles. The highest BCUT2D eigenvalue weighted by Gasteiger charge is 2.15. The Morgan fingerprint density at radius 3 is 2.52 bits per heavy atom. The van der Waals surface area contributed by atoms with Gasteiger partial charge in [-0.15, -0.1) is 0 Å². The van der Waals surface area contributed by atoms with E-state index in [1.54, 1.807) is 31.4 Å². The number of para-hydroxylation sites is 1. The average molecular weight is 312 g/mol. The second-order valence-electron chi connectivity index (χ2n) is 5.40. The Kier molecular flexibility index (Phi) is 5.01. The van der Waals surface area contributed by atoms with Gasteiger partial charge in [0.05, 0.1) is 24.8 Å². The number of carbonyl (C=O) groups excluding carboxylic acids is 2. The minimum Gasteiger partial charge on any atom is -0.496 e. The van der Waals surface area contributed by atoms with Crippen molar-refractivity contribution in [2.45, 2.75) is 20.3 Å². The van der Waals surface area contributed by atoms with Crippen molar-refractivity contribution in [2.24, 2.45) is 5.73 Å². The zero-order chi connectivity index (χ0) is 17.0. The number of nitrogens with one attached hydrogen (secondary N) is 1. The number of hydrogen-bond acceptors (Lipinski definition) is 3. The van der Waals surface area contributed by atoms with E-state index in [1.165, 1.54) is 0 Å². The normalized spacial score (nSPS) is 10.2. The monoisotopic (exact) mass is 312 g/mol. The number of carbonyl (C=O) groups is 2. The lowest BCUT2D eigenvalue weighted by molar-refractivity contribution is -0.115. The summed E-state index contributed by atoms with van der Waals surface area (Å²) in [5.41, 5.74) is 8.90. The van der Waals surface area contributed by atoms with Crippen LogP contribution in [-0.2, 0) is 11.2 Å². The van der Waals surface area contributed by atoms with Gasteiger partial charge in [0.2, 0.25) is 5.91 Å². The maximum Gasteiger partial charge on any atom is 0.250 e. The van der Waals surface area contributed by atoms with Gasteiger partial charge in [0.1, 0.15) is 5.75 Å². The first-order chi connectivity index (χ1) is 10.9.